The summed E-state index contributed by atoms with van der Waals surface area (Å²) in [6.07, 6.45) is 0.968. The zero-order valence-corrected chi connectivity index (χ0v) is 15.6. The summed E-state index contributed by atoms with van der Waals surface area (Å²) in [4.78, 5) is 5.79. The second kappa shape index (κ2) is 9.13. The molecule has 5 heteroatoms. The molecule has 1 aliphatic heterocycles. The van der Waals surface area contributed by atoms with Gasteiger partial charge in [0.1, 0.15) is 11.5 Å². The predicted molar refractivity (Wildman–Crippen MR) is 104 cm³/mol. The molecule has 3 rings (SSSR count). The molecule has 1 fully saturated rings. The molecular weight excluding hydrogens is 332 g/mol. The number of nitrogens with zero attached hydrogens (tertiary/aromatic N) is 2. The van der Waals surface area contributed by atoms with Gasteiger partial charge in [0, 0.05) is 39.1 Å². The standard InChI is InChI=1S/C20H26N2O2S/c1-24-20-11-6-5-10-19(20)22-15-13-21(14-16-22)12-7-17-25(23)18-8-3-2-4-9-18/h2-6,8-11H,7,12-17H2,1H3. The van der Waals surface area contributed by atoms with Crippen LogP contribution in [0.4, 0.5) is 5.69 Å². The highest BCUT2D eigenvalue weighted by atomic mass is 32.2. The normalized spacial score (nSPS) is 16.6. The lowest BCUT2D eigenvalue weighted by atomic mass is 10.2. The zero-order valence-electron chi connectivity index (χ0n) is 14.8. The van der Waals surface area contributed by atoms with Crippen LogP contribution in [0.1, 0.15) is 6.42 Å². The van der Waals surface area contributed by atoms with Gasteiger partial charge in [-0.2, -0.15) is 0 Å². The average molecular weight is 359 g/mol. The van der Waals surface area contributed by atoms with E-state index in [1.165, 1.54) is 5.69 Å². The molecular formula is C20H26N2O2S. The molecule has 1 saturated heterocycles. The highest BCUT2D eigenvalue weighted by Gasteiger charge is 2.20. The van der Waals surface area contributed by atoms with E-state index in [-0.39, 0.29) is 0 Å². The van der Waals surface area contributed by atoms with Crippen LogP contribution in [-0.4, -0.2) is 55.0 Å². The Morgan fingerprint density at radius 1 is 0.960 bits per heavy atom. The molecule has 25 heavy (non-hydrogen) atoms. The maximum Gasteiger partial charge on any atom is 0.152 e. The molecule has 0 radical (unpaired) electrons. The smallest absolute Gasteiger partial charge is 0.152 e. The van der Waals surface area contributed by atoms with Crippen molar-refractivity contribution in [3.63, 3.8) is 0 Å². The van der Waals surface area contributed by atoms with Gasteiger partial charge in [-0.3, -0.25) is 4.90 Å². The molecule has 1 atom stereocenters. The fourth-order valence-electron chi connectivity index (χ4n) is 3.21. The van der Waals surface area contributed by atoms with Crippen molar-refractivity contribution in [1.29, 1.82) is 0 Å². The largest absolute Gasteiger partial charge is 0.611 e. The first-order chi connectivity index (χ1) is 12.3. The molecule has 0 aromatic heterocycles. The quantitative estimate of drug-likeness (QED) is 0.713. The summed E-state index contributed by atoms with van der Waals surface area (Å²) in [5.41, 5.74) is 1.18. The van der Waals surface area contributed by atoms with Gasteiger partial charge < -0.3 is 14.2 Å². The minimum absolute atomic E-state index is 0.733. The lowest BCUT2D eigenvalue weighted by Crippen LogP contribution is -2.46. The van der Waals surface area contributed by atoms with E-state index in [9.17, 15) is 4.55 Å². The van der Waals surface area contributed by atoms with Crippen LogP contribution >= 0.6 is 0 Å². The third kappa shape index (κ3) is 4.91. The first-order valence-corrected chi connectivity index (χ1v) is 10.1. The van der Waals surface area contributed by atoms with Crippen molar-refractivity contribution in [1.82, 2.24) is 4.90 Å². The topological polar surface area (TPSA) is 38.8 Å². The van der Waals surface area contributed by atoms with Crippen molar-refractivity contribution in [3.05, 3.63) is 54.6 Å². The van der Waals surface area contributed by atoms with Gasteiger partial charge in [0.15, 0.2) is 4.90 Å². The fourth-order valence-corrected chi connectivity index (χ4v) is 4.30. The van der Waals surface area contributed by atoms with Crippen molar-refractivity contribution in [3.8, 4) is 5.75 Å². The molecule has 2 aromatic carbocycles. The number of methoxy groups -OCH3 is 1. The molecule has 1 heterocycles. The Morgan fingerprint density at radius 2 is 1.64 bits per heavy atom. The molecule has 0 saturated carbocycles. The zero-order chi connectivity index (χ0) is 17.5. The Kier molecular flexibility index (Phi) is 6.62. The fraction of sp³-hybridized carbons (Fsp3) is 0.400. The summed E-state index contributed by atoms with van der Waals surface area (Å²) in [5.74, 6) is 1.67. The second-order valence-electron chi connectivity index (χ2n) is 6.22. The third-order valence-electron chi connectivity index (χ3n) is 4.61. The van der Waals surface area contributed by atoms with Gasteiger partial charge in [-0.05, 0) is 35.4 Å². The Morgan fingerprint density at radius 3 is 2.36 bits per heavy atom. The summed E-state index contributed by atoms with van der Waals surface area (Å²) in [6.45, 7) is 5.09. The first kappa shape index (κ1) is 18.1. The van der Waals surface area contributed by atoms with Gasteiger partial charge >= 0.3 is 0 Å². The van der Waals surface area contributed by atoms with Gasteiger partial charge in [-0.15, -0.1) is 0 Å². The molecule has 0 spiro atoms. The molecule has 0 bridgehead atoms. The van der Waals surface area contributed by atoms with Crippen molar-refractivity contribution in [2.75, 3.05) is 50.5 Å². The maximum absolute atomic E-state index is 12.3. The van der Waals surface area contributed by atoms with Crippen LogP contribution in [0.3, 0.4) is 0 Å². The summed E-state index contributed by atoms with van der Waals surface area (Å²) in [7, 11) is 1.72. The van der Waals surface area contributed by atoms with E-state index < -0.39 is 11.2 Å². The SMILES string of the molecule is COc1ccccc1N1CCN(CCC[S+]([O-])c2ccccc2)CC1. The molecule has 0 amide bonds. The number of benzene rings is 2. The van der Waals surface area contributed by atoms with E-state index in [4.69, 9.17) is 4.74 Å². The number of hydrogen-bond acceptors (Lipinski definition) is 4. The van der Waals surface area contributed by atoms with E-state index in [2.05, 4.69) is 21.9 Å². The number of ether oxygens (including phenoxy) is 1. The molecule has 1 aliphatic rings. The van der Waals surface area contributed by atoms with Crippen LogP contribution < -0.4 is 9.64 Å². The maximum atomic E-state index is 12.3. The Labute approximate surface area is 153 Å². The molecule has 0 N–H and O–H groups in total. The highest BCUT2D eigenvalue weighted by Crippen LogP contribution is 2.28. The van der Waals surface area contributed by atoms with Crippen LogP contribution in [-0.2, 0) is 11.2 Å². The molecule has 4 nitrogen and oxygen atoms in total. The monoisotopic (exact) mass is 358 g/mol. The van der Waals surface area contributed by atoms with Crippen molar-refractivity contribution >= 4 is 16.9 Å². The second-order valence-corrected chi connectivity index (χ2v) is 7.79. The number of hydrogen-bond donors (Lipinski definition) is 0. The lowest BCUT2D eigenvalue weighted by Gasteiger charge is -2.36. The van der Waals surface area contributed by atoms with Gasteiger partial charge in [0.25, 0.3) is 0 Å². The minimum atomic E-state index is -0.882. The highest BCUT2D eigenvalue weighted by molar-refractivity contribution is 7.91. The van der Waals surface area contributed by atoms with Gasteiger partial charge in [-0.1, -0.05) is 30.3 Å². The summed E-state index contributed by atoms with van der Waals surface area (Å²) < 4.78 is 17.7. The van der Waals surface area contributed by atoms with Crippen LogP contribution in [0.2, 0.25) is 0 Å². The van der Waals surface area contributed by atoms with Gasteiger partial charge in [-0.25, -0.2) is 0 Å². The van der Waals surface area contributed by atoms with Crippen LogP contribution in [0, 0.1) is 0 Å². The number of para-hydroxylation sites is 2. The van der Waals surface area contributed by atoms with E-state index in [1.807, 2.05) is 42.5 Å². The van der Waals surface area contributed by atoms with Crippen LogP contribution in [0.5, 0.6) is 5.75 Å². The molecule has 0 aliphatic carbocycles. The van der Waals surface area contributed by atoms with E-state index >= 15 is 0 Å². The Hall–Kier alpha value is -1.69. The number of piperazine rings is 1. The first-order valence-electron chi connectivity index (χ1n) is 8.81. The van der Waals surface area contributed by atoms with Gasteiger partial charge in [0.05, 0.1) is 12.8 Å². The van der Waals surface area contributed by atoms with Gasteiger partial charge in [0.2, 0.25) is 0 Å². The number of anilines is 1. The number of rotatable bonds is 7. The van der Waals surface area contributed by atoms with Crippen molar-refractivity contribution < 1.29 is 9.29 Å². The minimum Gasteiger partial charge on any atom is -0.611 e. The van der Waals surface area contributed by atoms with E-state index in [1.54, 1.807) is 7.11 Å². The summed E-state index contributed by atoms with van der Waals surface area (Å²) >= 11 is -0.882. The predicted octanol–water partition coefficient (Wildman–Crippen LogP) is 3.02. The molecule has 1 unspecified atom stereocenters. The van der Waals surface area contributed by atoms with Crippen LogP contribution in [0.15, 0.2) is 59.5 Å². The summed E-state index contributed by atoms with van der Waals surface area (Å²) in [6, 6.07) is 18.0. The van der Waals surface area contributed by atoms with Crippen molar-refractivity contribution in [2.24, 2.45) is 0 Å². The van der Waals surface area contributed by atoms with E-state index in [0.29, 0.717) is 0 Å². The van der Waals surface area contributed by atoms with E-state index in [0.717, 1.165) is 55.5 Å². The third-order valence-corrected chi connectivity index (χ3v) is 6.07. The molecule has 134 valence electrons. The van der Waals surface area contributed by atoms with Crippen molar-refractivity contribution in [2.45, 2.75) is 11.3 Å². The summed E-state index contributed by atoms with van der Waals surface area (Å²) in [5, 5.41) is 0. The average Bonchev–Trinajstić information content (AvgIpc) is 2.69. The Bertz CT molecular complexity index is 645. The van der Waals surface area contributed by atoms with Crippen LogP contribution in [0.25, 0.3) is 0 Å². The lowest BCUT2D eigenvalue weighted by molar-refractivity contribution is 0.258. The molecule has 2 aromatic rings. The Balaban J connectivity index is 1.42.